The van der Waals surface area contributed by atoms with Gasteiger partial charge in [-0.25, -0.2) is 8.78 Å². The van der Waals surface area contributed by atoms with Crippen molar-refractivity contribution in [1.29, 1.82) is 0 Å². The predicted molar refractivity (Wildman–Crippen MR) is 88.4 cm³/mol. The standard InChI is InChI=1S/C18H20F2N4O/c1-23(2)17(25)18(16-11-21-5-6-22-16)4-3-7-24(18)12-13-8-14(19)10-15(20)9-13/h5-6,8-11H,3-4,7,12H2,1-2H3/t18-/m0/s1. The lowest BCUT2D eigenvalue weighted by atomic mass is 9.90. The summed E-state index contributed by atoms with van der Waals surface area (Å²) in [4.78, 5) is 25.0. The maximum atomic E-state index is 13.5. The number of amides is 1. The summed E-state index contributed by atoms with van der Waals surface area (Å²) < 4.78 is 27.1. The Kier molecular flexibility index (Phi) is 4.76. The third kappa shape index (κ3) is 3.24. The molecule has 1 aromatic carbocycles. The van der Waals surface area contributed by atoms with Crippen molar-refractivity contribution in [2.45, 2.75) is 24.9 Å². The second-order valence-corrected chi connectivity index (χ2v) is 6.45. The number of halogens is 2. The first-order valence-electron chi connectivity index (χ1n) is 8.12. The van der Waals surface area contributed by atoms with Crippen LogP contribution in [-0.4, -0.2) is 46.3 Å². The van der Waals surface area contributed by atoms with Crippen LogP contribution in [0, 0.1) is 11.6 Å². The number of likely N-dealkylation sites (tertiary alicyclic amines) is 1. The Morgan fingerprint density at radius 2 is 1.96 bits per heavy atom. The fourth-order valence-electron chi connectivity index (χ4n) is 3.54. The molecule has 0 unspecified atom stereocenters. The van der Waals surface area contributed by atoms with E-state index in [0.29, 0.717) is 24.2 Å². The van der Waals surface area contributed by atoms with Gasteiger partial charge in [0.05, 0.1) is 11.9 Å². The molecule has 1 aliphatic heterocycles. The molecule has 1 amide bonds. The van der Waals surface area contributed by atoms with Gasteiger partial charge in [-0.2, -0.15) is 0 Å². The van der Waals surface area contributed by atoms with Gasteiger partial charge < -0.3 is 4.90 Å². The molecule has 1 aliphatic rings. The van der Waals surface area contributed by atoms with Gasteiger partial charge in [0, 0.05) is 39.1 Å². The van der Waals surface area contributed by atoms with Crippen LogP contribution in [-0.2, 0) is 16.9 Å². The average molecular weight is 346 g/mol. The number of carbonyl (C=O) groups excluding carboxylic acids is 1. The van der Waals surface area contributed by atoms with Crippen LogP contribution in [0.3, 0.4) is 0 Å². The van der Waals surface area contributed by atoms with Crippen LogP contribution in [0.1, 0.15) is 24.1 Å². The Labute approximate surface area is 145 Å². The summed E-state index contributed by atoms with van der Waals surface area (Å²) in [6.07, 6.45) is 6.07. The van der Waals surface area contributed by atoms with Gasteiger partial charge in [0.15, 0.2) is 0 Å². The van der Waals surface area contributed by atoms with Crippen LogP contribution in [0.4, 0.5) is 8.78 Å². The Bertz CT molecular complexity index is 749. The minimum Gasteiger partial charge on any atom is -0.347 e. The molecule has 0 saturated carbocycles. The summed E-state index contributed by atoms with van der Waals surface area (Å²) in [5, 5.41) is 0. The smallest absolute Gasteiger partial charge is 0.248 e. The van der Waals surface area contributed by atoms with Gasteiger partial charge in [-0.3, -0.25) is 19.7 Å². The van der Waals surface area contributed by atoms with E-state index >= 15 is 0 Å². The number of rotatable bonds is 4. The lowest BCUT2D eigenvalue weighted by molar-refractivity contribution is -0.141. The van der Waals surface area contributed by atoms with E-state index in [-0.39, 0.29) is 12.5 Å². The van der Waals surface area contributed by atoms with Crippen LogP contribution in [0.2, 0.25) is 0 Å². The van der Waals surface area contributed by atoms with Crippen molar-refractivity contribution in [1.82, 2.24) is 19.8 Å². The lowest BCUT2D eigenvalue weighted by Gasteiger charge is -2.38. The molecule has 132 valence electrons. The molecular weight excluding hydrogens is 326 g/mol. The van der Waals surface area contributed by atoms with Crippen LogP contribution < -0.4 is 0 Å². The van der Waals surface area contributed by atoms with E-state index in [2.05, 4.69) is 9.97 Å². The fourth-order valence-corrected chi connectivity index (χ4v) is 3.54. The van der Waals surface area contributed by atoms with E-state index in [4.69, 9.17) is 0 Å². The first-order valence-corrected chi connectivity index (χ1v) is 8.12. The van der Waals surface area contributed by atoms with Gasteiger partial charge in [-0.05, 0) is 37.1 Å². The SMILES string of the molecule is CN(C)C(=O)[C@@]1(c2cnccn2)CCCN1Cc1cc(F)cc(F)c1. The second-order valence-electron chi connectivity index (χ2n) is 6.45. The van der Waals surface area contributed by atoms with Crippen molar-refractivity contribution in [3.8, 4) is 0 Å². The first-order chi connectivity index (χ1) is 11.9. The second kappa shape index (κ2) is 6.84. The highest BCUT2D eigenvalue weighted by Crippen LogP contribution is 2.40. The van der Waals surface area contributed by atoms with Gasteiger partial charge >= 0.3 is 0 Å². The Balaban J connectivity index is 2.03. The van der Waals surface area contributed by atoms with Gasteiger partial charge in [0.25, 0.3) is 0 Å². The monoisotopic (exact) mass is 346 g/mol. The van der Waals surface area contributed by atoms with Crippen LogP contribution in [0.25, 0.3) is 0 Å². The number of aromatic nitrogens is 2. The minimum absolute atomic E-state index is 0.109. The molecule has 5 nitrogen and oxygen atoms in total. The Hall–Kier alpha value is -2.41. The third-order valence-electron chi connectivity index (χ3n) is 4.55. The van der Waals surface area contributed by atoms with Crippen LogP contribution >= 0.6 is 0 Å². The molecule has 7 heteroatoms. The van der Waals surface area contributed by atoms with E-state index in [1.165, 1.54) is 17.0 Å². The molecular formula is C18H20F2N4O. The zero-order valence-corrected chi connectivity index (χ0v) is 14.2. The molecule has 2 aromatic rings. The summed E-state index contributed by atoms with van der Waals surface area (Å²) in [6.45, 7) is 0.888. The first kappa shape index (κ1) is 17.4. The molecule has 0 aliphatic carbocycles. The lowest BCUT2D eigenvalue weighted by Crippen LogP contribution is -2.52. The largest absolute Gasteiger partial charge is 0.347 e. The summed E-state index contributed by atoms with van der Waals surface area (Å²) >= 11 is 0. The third-order valence-corrected chi connectivity index (χ3v) is 4.55. The quantitative estimate of drug-likeness (QED) is 0.853. The number of hydrogen-bond acceptors (Lipinski definition) is 4. The molecule has 1 atom stereocenters. The van der Waals surface area contributed by atoms with E-state index in [0.717, 1.165) is 12.5 Å². The number of nitrogens with zero attached hydrogens (tertiary/aromatic N) is 4. The highest BCUT2D eigenvalue weighted by atomic mass is 19.1. The molecule has 1 saturated heterocycles. The number of benzene rings is 1. The minimum atomic E-state index is -0.972. The van der Waals surface area contributed by atoms with E-state index in [1.54, 1.807) is 32.7 Å². The van der Waals surface area contributed by atoms with Crippen molar-refractivity contribution in [3.05, 3.63) is 59.7 Å². The molecule has 3 rings (SSSR count). The zero-order chi connectivity index (χ0) is 18.0. The van der Waals surface area contributed by atoms with Crippen molar-refractivity contribution in [3.63, 3.8) is 0 Å². The van der Waals surface area contributed by atoms with Crippen molar-refractivity contribution in [2.24, 2.45) is 0 Å². The molecule has 0 spiro atoms. The number of likely N-dealkylation sites (N-methyl/N-ethyl adjacent to an activating group) is 1. The molecule has 25 heavy (non-hydrogen) atoms. The molecule has 0 bridgehead atoms. The van der Waals surface area contributed by atoms with Crippen LogP contribution in [0.5, 0.6) is 0 Å². The van der Waals surface area contributed by atoms with Crippen molar-refractivity contribution >= 4 is 5.91 Å². The van der Waals surface area contributed by atoms with Crippen molar-refractivity contribution in [2.75, 3.05) is 20.6 Å². The Morgan fingerprint density at radius 3 is 2.56 bits per heavy atom. The molecule has 1 fully saturated rings. The topological polar surface area (TPSA) is 49.3 Å². The molecule has 0 radical (unpaired) electrons. The highest BCUT2D eigenvalue weighted by molar-refractivity contribution is 5.87. The average Bonchev–Trinajstić information content (AvgIpc) is 2.98. The van der Waals surface area contributed by atoms with Gasteiger partial charge in [0.2, 0.25) is 5.91 Å². The normalized spacial score (nSPS) is 20.6. The highest BCUT2D eigenvalue weighted by Gasteiger charge is 2.50. The van der Waals surface area contributed by atoms with Crippen LogP contribution in [0.15, 0.2) is 36.8 Å². The maximum absolute atomic E-state index is 13.5. The van der Waals surface area contributed by atoms with Crippen molar-refractivity contribution < 1.29 is 13.6 Å². The molecule has 0 N–H and O–H groups in total. The van der Waals surface area contributed by atoms with E-state index in [9.17, 15) is 13.6 Å². The Morgan fingerprint density at radius 1 is 1.24 bits per heavy atom. The van der Waals surface area contributed by atoms with E-state index < -0.39 is 17.2 Å². The number of hydrogen-bond donors (Lipinski definition) is 0. The van der Waals surface area contributed by atoms with Gasteiger partial charge in [-0.15, -0.1) is 0 Å². The summed E-state index contributed by atoms with van der Waals surface area (Å²) in [5.41, 5.74) is 0.0721. The van der Waals surface area contributed by atoms with Gasteiger partial charge in [-0.1, -0.05) is 0 Å². The fraction of sp³-hybridized carbons (Fsp3) is 0.389. The zero-order valence-electron chi connectivity index (χ0n) is 14.2. The maximum Gasteiger partial charge on any atom is 0.248 e. The summed E-state index contributed by atoms with van der Waals surface area (Å²) in [7, 11) is 3.39. The summed E-state index contributed by atoms with van der Waals surface area (Å²) in [6, 6.07) is 3.43. The summed E-state index contributed by atoms with van der Waals surface area (Å²) in [5.74, 6) is -1.36. The van der Waals surface area contributed by atoms with E-state index in [1.807, 2.05) is 4.90 Å². The van der Waals surface area contributed by atoms with Gasteiger partial charge in [0.1, 0.15) is 17.2 Å². The number of carbonyl (C=O) groups is 1. The predicted octanol–water partition coefficient (Wildman–Crippen LogP) is 2.33. The molecule has 1 aromatic heterocycles. The molecule has 2 heterocycles.